The van der Waals surface area contributed by atoms with Crippen LogP contribution in [0.4, 0.5) is 11.4 Å². The number of benzene rings is 3. The zero-order valence-corrected chi connectivity index (χ0v) is 22.5. The highest BCUT2D eigenvalue weighted by atomic mass is 31.2. The number of nitrogens with one attached hydrogen (secondary N) is 1. The third kappa shape index (κ3) is 5.88. The summed E-state index contributed by atoms with van der Waals surface area (Å²) in [4.78, 5) is 2.03. The maximum atomic E-state index is 15.3. The number of ether oxygens (including phenoxy) is 2. The molecule has 1 N–H and O–H groups in total. The van der Waals surface area contributed by atoms with Gasteiger partial charge in [0.05, 0.1) is 20.3 Å². The van der Waals surface area contributed by atoms with Crippen LogP contribution in [0.15, 0.2) is 72.8 Å². The van der Waals surface area contributed by atoms with Crippen LogP contribution in [0.3, 0.4) is 0 Å². The number of anilines is 2. The van der Waals surface area contributed by atoms with Gasteiger partial charge in [-0.25, -0.2) is 0 Å². The first-order valence-corrected chi connectivity index (χ1v) is 14.2. The molecule has 0 radical (unpaired) electrons. The van der Waals surface area contributed by atoms with E-state index in [4.69, 9.17) is 14.0 Å². The Morgan fingerprint density at radius 1 is 0.861 bits per heavy atom. The van der Waals surface area contributed by atoms with E-state index in [0.29, 0.717) is 16.8 Å². The molecular weight excluding hydrogens is 471 g/mol. The van der Waals surface area contributed by atoms with Gasteiger partial charge in [0.2, 0.25) is 0 Å². The van der Waals surface area contributed by atoms with E-state index in [1.54, 1.807) is 14.2 Å². The average molecular weight is 509 g/mol. The first-order chi connectivity index (χ1) is 17.4. The third-order valence-electron chi connectivity index (χ3n) is 6.72. The van der Waals surface area contributed by atoms with E-state index in [0.717, 1.165) is 42.6 Å². The number of para-hydroxylation sites is 1. The van der Waals surface area contributed by atoms with Gasteiger partial charge in [0.1, 0.15) is 5.78 Å². The molecule has 2 unspecified atom stereocenters. The molecule has 3 aromatic carbocycles. The Bertz CT molecular complexity index is 1160. The summed E-state index contributed by atoms with van der Waals surface area (Å²) in [5, 5.41) is 4.25. The van der Waals surface area contributed by atoms with Gasteiger partial charge in [0.15, 0.2) is 11.5 Å². The molecule has 1 fully saturated rings. The molecule has 1 saturated carbocycles. The Kier molecular flexibility index (Phi) is 8.60. The zero-order chi connectivity index (χ0) is 25.5. The third-order valence-corrected chi connectivity index (χ3v) is 9.46. The predicted molar refractivity (Wildman–Crippen MR) is 148 cm³/mol. The number of hydrogen-bond acceptors (Lipinski definition) is 6. The Labute approximate surface area is 215 Å². The molecule has 1 aliphatic rings. The number of hydrogen-bond donors (Lipinski definition) is 1. The first kappa shape index (κ1) is 26.1. The smallest absolute Gasteiger partial charge is 0.258 e. The molecule has 0 amide bonds. The summed E-state index contributed by atoms with van der Waals surface area (Å²) in [6, 6.07) is 23.4. The minimum absolute atomic E-state index is 0.0432. The second kappa shape index (κ2) is 11.9. The summed E-state index contributed by atoms with van der Waals surface area (Å²) in [6.45, 7) is 0. The molecule has 3 aromatic rings. The lowest BCUT2D eigenvalue weighted by atomic mass is 9.98. The zero-order valence-electron chi connectivity index (χ0n) is 21.6. The first-order valence-electron chi connectivity index (χ1n) is 12.5. The van der Waals surface area contributed by atoms with Crippen LogP contribution in [-0.2, 0) is 9.09 Å². The molecule has 2 atom stereocenters. The van der Waals surface area contributed by atoms with Crippen LogP contribution in [0.2, 0.25) is 0 Å². The fourth-order valence-corrected chi connectivity index (χ4v) is 7.33. The lowest BCUT2D eigenvalue weighted by Crippen LogP contribution is -2.25. The van der Waals surface area contributed by atoms with Crippen molar-refractivity contribution in [2.75, 3.05) is 38.5 Å². The van der Waals surface area contributed by atoms with Crippen LogP contribution in [0.25, 0.3) is 0 Å². The summed E-state index contributed by atoms with van der Waals surface area (Å²) in [6.07, 6.45) is 5.18. The van der Waals surface area contributed by atoms with Gasteiger partial charge < -0.3 is 24.2 Å². The van der Waals surface area contributed by atoms with Gasteiger partial charge in [-0.15, -0.1) is 0 Å². The average Bonchev–Trinajstić information content (AvgIpc) is 2.92. The topological polar surface area (TPSA) is 60.0 Å². The maximum absolute atomic E-state index is 15.3. The van der Waals surface area contributed by atoms with Crippen LogP contribution in [0.5, 0.6) is 11.5 Å². The monoisotopic (exact) mass is 508 g/mol. The van der Waals surface area contributed by atoms with Crippen LogP contribution >= 0.6 is 7.37 Å². The van der Waals surface area contributed by atoms with E-state index in [1.165, 1.54) is 6.42 Å². The largest absolute Gasteiger partial charge is 0.493 e. The summed E-state index contributed by atoms with van der Waals surface area (Å²) in [7, 11) is 3.75. The van der Waals surface area contributed by atoms with Crippen LogP contribution in [0.1, 0.15) is 43.5 Å². The van der Waals surface area contributed by atoms with Gasteiger partial charge in [-0.05, 0) is 66.9 Å². The van der Waals surface area contributed by atoms with Crippen molar-refractivity contribution in [2.45, 2.75) is 44.0 Å². The molecular formula is C29H37N2O4P. The Morgan fingerprint density at radius 3 is 2.14 bits per heavy atom. The molecule has 0 saturated heterocycles. The molecule has 0 bridgehead atoms. The highest BCUT2D eigenvalue weighted by Crippen LogP contribution is 2.61. The van der Waals surface area contributed by atoms with E-state index < -0.39 is 13.2 Å². The summed E-state index contributed by atoms with van der Waals surface area (Å²) >= 11 is 0. The van der Waals surface area contributed by atoms with Crippen molar-refractivity contribution < 1.29 is 18.6 Å². The van der Waals surface area contributed by atoms with Crippen molar-refractivity contribution in [3.63, 3.8) is 0 Å². The molecule has 0 aromatic heterocycles. The van der Waals surface area contributed by atoms with Crippen molar-refractivity contribution in [1.82, 2.24) is 0 Å². The summed E-state index contributed by atoms with van der Waals surface area (Å²) in [5.74, 6) is 0.590. The maximum Gasteiger partial charge on any atom is 0.258 e. The molecule has 6 nitrogen and oxygen atoms in total. The van der Waals surface area contributed by atoms with E-state index in [2.05, 4.69) is 5.32 Å². The lowest BCUT2D eigenvalue weighted by molar-refractivity contribution is 0.159. The lowest BCUT2D eigenvalue weighted by Gasteiger charge is -2.34. The summed E-state index contributed by atoms with van der Waals surface area (Å²) < 4.78 is 33.0. The normalized spacial score (nSPS) is 16.6. The molecule has 0 spiro atoms. The van der Waals surface area contributed by atoms with Gasteiger partial charge in [-0.1, -0.05) is 43.5 Å². The Balaban J connectivity index is 1.85. The van der Waals surface area contributed by atoms with Crippen LogP contribution in [0, 0.1) is 0 Å². The van der Waals surface area contributed by atoms with Crippen LogP contribution in [-0.4, -0.2) is 34.4 Å². The van der Waals surface area contributed by atoms with Gasteiger partial charge in [-0.2, -0.15) is 0 Å². The summed E-state index contributed by atoms with van der Waals surface area (Å²) in [5.41, 5.74) is 2.73. The highest BCUT2D eigenvalue weighted by Gasteiger charge is 2.40. The minimum atomic E-state index is -3.47. The fourth-order valence-electron chi connectivity index (χ4n) is 4.70. The number of methoxy groups -OCH3 is 2. The van der Waals surface area contributed by atoms with E-state index in [9.17, 15) is 0 Å². The molecule has 0 aliphatic heterocycles. The highest BCUT2D eigenvalue weighted by molar-refractivity contribution is 7.67. The van der Waals surface area contributed by atoms with Gasteiger partial charge in [0.25, 0.3) is 7.37 Å². The van der Waals surface area contributed by atoms with E-state index in [1.807, 2.05) is 91.8 Å². The minimum Gasteiger partial charge on any atom is -0.493 e. The quantitative estimate of drug-likeness (QED) is 0.303. The molecule has 7 heteroatoms. The number of rotatable bonds is 10. The van der Waals surface area contributed by atoms with Crippen LogP contribution < -0.4 is 25.0 Å². The van der Waals surface area contributed by atoms with Gasteiger partial charge in [-0.3, -0.25) is 4.57 Å². The van der Waals surface area contributed by atoms with E-state index >= 15 is 4.57 Å². The Morgan fingerprint density at radius 2 is 1.53 bits per heavy atom. The van der Waals surface area contributed by atoms with Gasteiger partial charge in [0, 0.05) is 30.8 Å². The van der Waals surface area contributed by atoms with Crippen molar-refractivity contribution in [2.24, 2.45) is 0 Å². The van der Waals surface area contributed by atoms with Gasteiger partial charge >= 0.3 is 0 Å². The van der Waals surface area contributed by atoms with Crippen molar-refractivity contribution >= 4 is 24.0 Å². The Hall–Kier alpha value is -2.95. The molecule has 0 heterocycles. The molecule has 36 heavy (non-hydrogen) atoms. The second-order valence-electron chi connectivity index (χ2n) is 9.40. The SMILES string of the molecule is COc1ccc(C(Nc2ccccc2)P(=O)(OC2CCCCC2)c2ccc(N(C)C)cc2)cc1OC. The fraction of sp³-hybridized carbons (Fsp3) is 0.379. The van der Waals surface area contributed by atoms with Crippen molar-refractivity contribution in [3.8, 4) is 11.5 Å². The van der Waals surface area contributed by atoms with Crippen molar-refractivity contribution in [3.05, 3.63) is 78.4 Å². The second-order valence-corrected chi connectivity index (χ2v) is 11.8. The molecule has 192 valence electrons. The number of nitrogens with zero attached hydrogens (tertiary/aromatic N) is 1. The van der Waals surface area contributed by atoms with E-state index in [-0.39, 0.29) is 6.10 Å². The standard InChI is InChI=1S/C29H37N2O4P/c1-31(2)24-16-18-26(19-17-24)36(32,35-25-13-9-6-10-14-25)29(30-23-11-7-5-8-12-23)22-15-20-27(33-3)28(21-22)34-4/h5,7-8,11-12,15-21,25,29-30H,6,9-10,13-14H2,1-4H3. The molecule has 4 rings (SSSR count). The predicted octanol–water partition coefficient (Wildman–Crippen LogP) is 6.83. The van der Waals surface area contributed by atoms with Crippen molar-refractivity contribution in [1.29, 1.82) is 0 Å². The molecule has 1 aliphatic carbocycles.